The van der Waals surface area contributed by atoms with Crippen molar-refractivity contribution < 1.29 is 22.8 Å². The lowest BCUT2D eigenvalue weighted by atomic mass is 10.2. The molecule has 0 heterocycles. The van der Waals surface area contributed by atoms with Crippen molar-refractivity contribution in [1.29, 1.82) is 0 Å². The number of ether oxygens (including phenoxy) is 1. The molecule has 5 nitrogen and oxygen atoms in total. The Morgan fingerprint density at radius 2 is 1.74 bits per heavy atom. The maximum atomic E-state index is 11.4. The van der Waals surface area contributed by atoms with Crippen LogP contribution in [0, 0.1) is 0 Å². The summed E-state index contributed by atoms with van der Waals surface area (Å²) in [5.41, 5.74) is -0.491. The second-order valence-electron chi connectivity index (χ2n) is 4.19. The third-order valence-corrected chi connectivity index (χ3v) is 5.90. The normalized spacial score (nSPS) is 13.1. The number of esters is 1. The van der Waals surface area contributed by atoms with Gasteiger partial charge in [0.15, 0.2) is 5.73 Å². The Bertz CT molecular complexity index is 257. The summed E-state index contributed by atoms with van der Waals surface area (Å²) in [6.07, 6.45) is 6.14. The van der Waals surface area contributed by atoms with E-state index in [0.717, 1.165) is 31.8 Å². The average molecular weight is 290 g/mol. The fourth-order valence-corrected chi connectivity index (χ4v) is 4.00. The van der Waals surface area contributed by atoms with Crippen molar-refractivity contribution in [1.82, 2.24) is 0 Å². The number of rotatable bonds is 11. The molecule has 19 heavy (non-hydrogen) atoms. The largest absolute Gasteiger partial charge is 0.543 e. The van der Waals surface area contributed by atoms with Gasteiger partial charge in [0.1, 0.15) is 0 Å². The summed E-state index contributed by atoms with van der Waals surface area (Å²) >= 11 is 0. The maximum absolute atomic E-state index is 11.4. The van der Waals surface area contributed by atoms with Gasteiger partial charge in [-0.15, -0.1) is 0 Å². The molecule has 0 aliphatic carbocycles. The molecule has 0 radical (unpaired) electrons. The van der Waals surface area contributed by atoms with Crippen molar-refractivity contribution in [2.75, 3.05) is 21.3 Å². The number of hydrogen-bond acceptors (Lipinski definition) is 5. The van der Waals surface area contributed by atoms with E-state index >= 15 is 0 Å². The topological polar surface area (TPSA) is 54.0 Å². The van der Waals surface area contributed by atoms with Crippen LogP contribution < -0.4 is 0 Å². The number of unbranched alkanes of at least 4 members (excludes halogenated alkanes) is 3. The fraction of sp³-hybridized carbons (Fsp3) is 0.769. The molecule has 0 saturated heterocycles. The molecular weight excluding hydrogens is 264 g/mol. The standard InChI is InChI=1S/C13H26O5Si/c1-6-8-9-10-11-13(18-12(14)7-2)19(15-3,16-4)17-5/h7,13H,2,6,8-11H2,1,3-5H3. The van der Waals surface area contributed by atoms with Gasteiger partial charge in [-0.2, -0.15) is 0 Å². The van der Waals surface area contributed by atoms with E-state index in [1.54, 1.807) is 0 Å². The Morgan fingerprint density at radius 1 is 1.16 bits per heavy atom. The Labute approximate surface area is 117 Å². The van der Waals surface area contributed by atoms with Crippen molar-refractivity contribution in [3.63, 3.8) is 0 Å². The van der Waals surface area contributed by atoms with Crippen LogP contribution in [0.2, 0.25) is 0 Å². The minimum Gasteiger partial charge on any atom is -0.455 e. The van der Waals surface area contributed by atoms with Gasteiger partial charge in [-0.25, -0.2) is 4.79 Å². The van der Waals surface area contributed by atoms with Crippen molar-refractivity contribution >= 4 is 14.8 Å². The minimum atomic E-state index is -2.98. The summed E-state index contributed by atoms with van der Waals surface area (Å²) in [6.45, 7) is 5.55. The third kappa shape index (κ3) is 5.86. The first-order valence-electron chi connectivity index (χ1n) is 6.58. The summed E-state index contributed by atoms with van der Waals surface area (Å²) in [4.78, 5) is 11.4. The highest BCUT2D eigenvalue weighted by Crippen LogP contribution is 2.21. The molecule has 0 rings (SSSR count). The number of carbonyl (C=O) groups excluding carboxylic acids is 1. The predicted octanol–water partition coefficient (Wildman–Crippen LogP) is 2.47. The van der Waals surface area contributed by atoms with Crippen LogP contribution in [0.15, 0.2) is 12.7 Å². The molecule has 1 atom stereocenters. The predicted molar refractivity (Wildman–Crippen MR) is 75.6 cm³/mol. The molecule has 0 saturated carbocycles. The molecule has 1 unspecified atom stereocenters. The summed E-state index contributed by atoms with van der Waals surface area (Å²) in [6, 6.07) is 0. The third-order valence-electron chi connectivity index (χ3n) is 2.99. The lowest BCUT2D eigenvalue weighted by molar-refractivity contribution is -0.142. The Balaban J connectivity index is 4.71. The van der Waals surface area contributed by atoms with Crippen LogP contribution in [0.3, 0.4) is 0 Å². The van der Waals surface area contributed by atoms with Crippen LogP contribution in [-0.4, -0.2) is 41.8 Å². The first-order valence-corrected chi connectivity index (χ1v) is 8.38. The van der Waals surface area contributed by atoms with E-state index in [4.69, 9.17) is 18.0 Å². The number of hydrogen-bond donors (Lipinski definition) is 0. The second kappa shape index (κ2) is 10.1. The molecule has 0 amide bonds. The van der Waals surface area contributed by atoms with E-state index in [-0.39, 0.29) is 0 Å². The van der Waals surface area contributed by atoms with Gasteiger partial charge in [0.2, 0.25) is 0 Å². The first kappa shape index (κ1) is 18.3. The van der Waals surface area contributed by atoms with Crippen LogP contribution in [0.5, 0.6) is 0 Å². The van der Waals surface area contributed by atoms with Gasteiger partial charge < -0.3 is 18.0 Å². The van der Waals surface area contributed by atoms with Crippen molar-refractivity contribution in [2.24, 2.45) is 0 Å². The van der Waals surface area contributed by atoms with Crippen LogP contribution in [-0.2, 0) is 22.8 Å². The summed E-state index contributed by atoms with van der Waals surface area (Å²) in [5.74, 6) is -0.483. The van der Waals surface area contributed by atoms with Gasteiger partial charge in [0.05, 0.1) is 0 Å². The zero-order chi connectivity index (χ0) is 14.7. The van der Waals surface area contributed by atoms with Gasteiger partial charge in [-0.3, -0.25) is 0 Å². The molecule has 0 bridgehead atoms. The van der Waals surface area contributed by atoms with E-state index in [2.05, 4.69) is 13.5 Å². The highest BCUT2D eigenvalue weighted by atomic mass is 28.4. The van der Waals surface area contributed by atoms with Crippen LogP contribution in [0.25, 0.3) is 0 Å². The van der Waals surface area contributed by atoms with Crippen LogP contribution in [0.4, 0.5) is 0 Å². The maximum Gasteiger partial charge on any atom is 0.543 e. The van der Waals surface area contributed by atoms with Gasteiger partial charge >= 0.3 is 14.8 Å². The summed E-state index contributed by atoms with van der Waals surface area (Å²) in [5, 5.41) is 0. The molecule has 0 aromatic rings. The molecule has 6 heteroatoms. The highest BCUT2D eigenvalue weighted by molar-refractivity contribution is 6.62. The van der Waals surface area contributed by atoms with E-state index in [1.807, 2.05) is 0 Å². The van der Waals surface area contributed by atoms with Crippen molar-refractivity contribution in [3.8, 4) is 0 Å². The monoisotopic (exact) mass is 290 g/mol. The molecule has 0 spiro atoms. The molecule has 112 valence electrons. The van der Waals surface area contributed by atoms with Gasteiger partial charge in [-0.05, 0) is 12.8 Å². The smallest absolute Gasteiger partial charge is 0.455 e. The van der Waals surface area contributed by atoms with Crippen LogP contribution in [0.1, 0.15) is 39.0 Å². The molecule has 0 aromatic carbocycles. The molecular formula is C13H26O5Si. The second-order valence-corrected chi connectivity index (χ2v) is 7.27. The summed E-state index contributed by atoms with van der Waals surface area (Å²) < 4.78 is 21.5. The van der Waals surface area contributed by atoms with Crippen molar-refractivity contribution in [3.05, 3.63) is 12.7 Å². The van der Waals surface area contributed by atoms with E-state index < -0.39 is 20.5 Å². The number of carbonyl (C=O) groups is 1. The van der Waals surface area contributed by atoms with Gasteiger partial charge in [-0.1, -0.05) is 32.8 Å². The molecule has 0 aliphatic heterocycles. The Kier molecular flexibility index (Phi) is 9.77. The lowest BCUT2D eigenvalue weighted by Crippen LogP contribution is -2.56. The molecule has 0 N–H and O–H groups in total. The highest BCUT2D eigenvalue weighted by Gasteiger charge is 2.49. The lowest BCUT2D eigenvalue weighted by Gasteiger charge is -2.31. The Hall–Kier alpha value is -0.693. The van der Waals surface area contributed by atoms with Gasteiger partial charge in [0, 0.05) is 27.4 Å². The van der Waals surface area contributed by atoms with Crippen molar-refractivity contribution in [2.45, 2.75) is 44.8 Å². The average Bonchev–Trinajstić information content (AvgIpc) is 2.45. The SMILES string of the molecule is C=CC(=O)OC(CCCCCC)[Si](OC)(OC)OC. The summed E-state index contributed by atoms with van der Waals surface area (Å²) in [7, 11) is 1.56. The van der Waals surface area contributed by atoms with E-state index in [0.29, 0.717) is 6.42 Å². The van der Waals surface area contributed by atoms with Crippen LogP contribution >= 0.6 is 0 Å². The minimum absolute atomic E-state index is 0.483. The quantitative estimate of drug-likeness (QED) is 0.253. The molecule has 0 aromatic heterocycles. The molecule has 0 fully saturated rings. The van der Waals surface area contributed by atoms with Gasteiger partial charge in [0.25, 0.3) is 0 Å². The Morgan fingerprint density at radius 3 is 2.16 bits per heavy atom. The zero-order valence-electron chi connectivity index (χ0n) is 12.4. The zero-order valence-corrected chi connectivity index (χ0v) is 13.4. The van der Waals surface area contributed by atoms with E-state index in [9.17, 15) is 4.79 Å². The first-order chi connectivity index (χ1) is 9.10. The van der Waals surface area contributed by atoms with E-state index in [1.165, 1.54) is 21.3 Å². The molecule has 0 aliphatic rings. The fourth-order valence-electron chi connectivity index (χ4n) is 1.90.